The van der Waals surface area contributed by atoms with Crippen LogP contribution in [0.5, 0.6) is 0 Å². The molecule has 0 atom stereocenters. The van der Waals surface area contributed by atoms with Crippen molar-refractivity contribution in [1.82, 2.24) is 0 Å². The number of hydrogen-bond donors (Lipinski definition) is 1. The van der Waals surface area contributed by atoms with Gasteiger partial charge in [-0.2, -0.15) is 8.78 Å². The molecule has 0 aliphatic rings. The van der Waals surface area contributed by atoms with Crippen LogP contribution in [0.2, 0.25) is 0 Å². The van der Waals surface area contributed by atoms with Gasteiger partial charge in [-0.1, -0.05) is 41.2 Å². The number of alkyl halides is 2. The molecule has 0 saturated carbocycles. The van der Waals surface area contributed by atoms with E-state index < -0.39 is 5.76 Å². The van der Waals surface area contributed by atoms with Crippen LogP contribution >= 0.6 is 11.8 Å². The van der Waals surface area contributed by atoms with E-state index in [2.05, 4.69) is 10.5 Å². The summed E-state index contributed by atoms with van der Waals surface area (Å²) in [6.45, 7) is 1.71. The standard InChI is InChI=1S/C17H16F2N2O2S/c1-12-4-2-3-5-13(12)10-20-23-11-16(22)21-14-6-8-15(9-7-14)24-17(18)19/h2-10,17H,11H2,1H3,(H,21,22)/b20-10-. The number of hydrogen-bond acceptors (Lipinski definition) is 4. The highest BCUT2D eigenvalue weighted by molar-refractivity contribution is 7.99. The first-order valence-electron chi connectivity index (χ1n) is 7.10. The van der Waals surface area contributed by atoms with Crippen molar-refractivity contribution in [2.24, 2.45) is 5.16 Å². The van der Waals surface area contributed by atoms with E-state index in [9.17, 15) is 13.6 Å². The van der Waals surface area contributed by atoms with Crippen LogP contribution in [0.4, 0.5) is 14.5 Å². The third-order valence-electron chi connectivity index (χ3n) is 3.01. The summed E-state index contributed by atoms with van der Waals surface area (Å²) in [6, 6.07) is 13.8. The molecule has 0 radical (unpaired) electrons. The Morgan fingerprint density at radius 3 is 2.62 bits per heavy atom. The molecular weight excluding hydrogens is 334 g/mol. The molecule has 0 aliphatic carbocycles. The SMILES string of the molecule is Cc1ccccc1/C=N\OCC(=O)Nc1ccc(SC(F)F)cc1. The Kier molecular flexibility index (Phi) is 6.74. The maximum atomic E-state index is 12.2. The molecule has 2 rings (SSSR count). The maximum Gasteiger partial charge on any atom is 0.288 e. The Morgan fingerprint density at radius 1 is 1.25 bits per heavy atom. The van der Waals surface area contributed by atoms with Crippen LogP contribution in [0.3, 0.4) is 0 Å². The van der Waals surface area contributed by atoms with Gasteiger partial charge in [-0.25, -0.2) is 0 Å². The van der Waals surface area contributed by atoms with Crippen molar-refractivity contribution in [2.75, 3.05) is 11.9 Å². The second-order valence-electron chi connectivity index (χ2n) is 4.82. The molecule has 7 heteroatoms. The van der Waals surface area contributed by atoms with E-state index >= 15 is 0 Å². The molecule has 0 spiro atoms. The Bertz CT molecular complexity index is 706. The normalized spacial score (nSPS) is 11.0. The van der Waals surface area contributed by atoms with Gasteiger partial charge in [-0.05, 0) is 42.3 Å². The minimum atomic E-state index is -2.47. The number of carbonyl (C=O) groups excluding carboxylic acids is 1. The van der Waals surface area contributed by atoms with Gasteiger partial charge in [0.15, 0.2) is 6.61 Å². The molecule has 24 heavy (non-hydrogen) atoms. The fraction of sp³-hybridized carbons (Fsp3) is 0.176. The smallest absolute Gasteiger partial charge is 0.288 e. The van der Waals surface area contributed by atoms with Gasteiger partial charge in [0.2, 0.25) is 0 Å². The molecule has 0 bridgehead atoms. The number of aryl methyl sites for hydroxylation is 1. The van der Waals surface area contributed by atoms with Crippen LogP contribution < -0.4 is 5.32 Å². The number of carbonyl (C=O) groups is 1. The number of halogens is 2. The van der Waals surface area contributed by atoms with Crippen molar-refractivity contribution >= 4 is 29.6 Å². The van der Waals surface area contributed by atoms with Crippen LogP contribution in [0, 0.1) is 6.92 Å². The monoisotopic (exact) mass is 350 g/mol. The summed E-state index contributed by atoms with van der Waals surface area (Å²) in [5, 5.41) is 6.36. The fourth-order valence-corrected chi connectivity index (χ4v) is 2.34. The first-order chi connectivity index (χ1) is 11.5. The third kappa shape index (κ3) is 6.00. The van der Waals surface area contributed by atoms with Gasteiger partial charge < -0.3 is 10.2 Å². The number of nitrogens with zero attached hydrogens (tertiary/aromatic N) is 1. The molecule has 0 heterocycles. The van der Waals surface area contributed by atoms with Gasteiger partial charge in [0.25, 0.3) is 11.7 Å². The van der Waals surface area contributed by atoms with Gasteiger partial charge in [-0.3, -0.25) is 4.79 Å². The number of amides is 1. The lowest BCUT2D eigenvalue weighted by Crippen LogP contribution is -2.16. The minimum absolute atomic E-state index is 0.240. The zero-order chi connectivity index (χ0) is 17.4. The summed E-state index contributed by atoms with van der Waals surface area (Å²) < 4.78 is 24.4. The lowest BCUT2D eigenvalue weighted by molar-refractivity contribution is -0.120. The molecule has 4 nitrogen and oxygen atoms in total. The maximum absolute atomic E-state index is 12.2. The molecule has 0 unspecified atom stereocenters. The quantitative estimate of drug-likeness (QED) is 0.460. The van der Waals surface area contributed by atoms with Crippen molar-refractivity contribution in [2.45, 2.75) is 17.6 Å². The average molecular weight is 350 g/mol. The minimum Gasteiger partial charge on any atom is -0.386 e. The van der Waals surface area contributed by atoms with E-state index in [1.165, 1.54) is 12.1 Å². The Balaban J connectivity index is 1.78. The molecule has 0 aromatic heterocycles. The predicted molar refractivity (Wildman–Crippen MR) is 91.7 cm³/mol. The molecule has 0 fully saturated rings. The average Bonchev–Trinajstić information content (AvgIpc) is 2.54. The molecule has 0 aliphatic heterocycles. The van der Waals surface area contributed by atoms with E-state index in [1.807, 2.05) is 31.2 Å². The van der Waals surface area contributed by atoms with Crippen LogP contribution in [-0.4, -0.2) is 24.5 Å². The number of anilines is 1. The van der Waals surface area contributed by atoms with Crippen LogP contribution in [-0.2, 0) is 9.63 Å². The van der Waals surface area contributed by atoms with E-state index in [-0.39, 0.29) is 12.5 Å². The van der Waals surface area contributed by atoms with Crippen molar-refractivity contribution < 1.29 is 18.4 Å². The Morgan fingerprint density at radius 2 is 1.96 bits per heavy atom. The van der Waals surface area contributed by atoms with Crippen molar-refractivity contribution in [3.63, 3.8) is 0 Å². The van der Waals surface area contributed by atoms with E-state index in [0.717, 1.165) is 11.1 Å². The van der Waals surface area contributed by atoms with Gasteiger partial charge in [-0.15, -0.1) is 0 Å². The van der Waals surface area contributed by atoms with E-state index in [0.29, 0.717) is 22.3 Å². The molecular formula is C17H16F2N2O2S. The lowest BCUT2D eigenvalue weighted by atomic mass is 10.1. The van der Waals surface area contributed by atoms with Gasteiger partial charge in [0, 0.05) is 10.6 Å². The molecule has 1 N–H and O–H groups in total. The highest BCUT2D eigenvalue weighted by Gasteiger charge is 2.06. The highest BCUT2D eigenvalue weighted by Crippen LogP contribution is 2.26. The van der Waals surface area contributed by atoms with Crippen LogP contribution in [0.25, 0.3) is 0 Å². The van der Waals surface area contributed by atoms with Crippen molar-refractivity contribution in [1.29, 1.82) is 0 Å². The third-order valence-corrected chi connectivity index (χ3v) is 3.74. The predicted octanol–water partition coefficient (Wildman–Crippen LogP) is 4.30. The van der Waals surface area contributed by atoms with Crippen LogP contribution in [0.15, 0.2) is 58.6 Å². The number of oxime groups is 1. The molecule has 126 valence electrons. The first kappa shape index (κ1) is 17.9. The van der Waals surface area contributed by atoms with Crippen LogP contribution in [0.1, 0.15) is 11.1 Å². The lowest BCUT2D eigenvalue weighted by Gasteiger charge is -2.05. The summed E-state index contributed by atoms with van der Waals surface area (Å²) in [5.74, 6) is -2.85. The summed E-state index contributed by atoms with van der Waals surface area (Å²) in [5.41, 5.74) is 2.46. The first-order valence-corrected chi connectivity index (χ1v) is 7.98. The number of rotatable bonds is 7. The molecule has 1 amide bonds. The van der Waals surface area contributed by atoms with E-state index in [1.54, 1.807) is 18.3 Å². The van der Waals surface area contributed by atoms with Gasteiger partial charge in [0.1, 0.15) is 0 Å². The highest BCUT2D eigenvalue weighted by atomic mass is 32.2. The topological polar surface area (TPSA) is 50.7 Å². The molecule has 2 aromatic carbocycles. The van der Waals surface area contributed by atoms with Crippen molar-refractivity contribution in [3.05, 3.63) is 59.7 Å². The summed E-state index contributed by atoms with van der Waals surface area (Å²) in [6.07, 6.45) is 1.54. The Hall–Kier alpha value is -2.41. The largest absolute Gasteiger partial charge is 0.386 e. The second-order valence-corrected chi connectivity index (χ2v) is 5.88. The fourth-order valence-electron chi connectivity index (χ4n) is 1.84. The molecule has 2 aromatic rings. The van der Waals surface area contributed by atoms with Gasteiger partial charge in [0.05, 0.1) is 6.21 Å². The van der Waals surface area contributed by atoms with Gasteiger partial charge >= 0.3 is 0 Å². The van der Waals surface area contributed by atoms with Crippen molar-refractivity contribution in [3.8, 4) is 0 Å². The molecule has 0 saturated heterocycles. The summed E-state index contributed by atoms with van der Waals surface area (Å²) >= 11 is 0.452. The van der Waals surface area contributed by atoms with E-state index in [4.69, 9.17) is 4.84 Å². The number of benzene rings is 2. The zero-order valence-electron chi connectivity index (χ0n) is 12.9. The Labute approximate surface area is 142 Å². The number of thioether (sulfide) groups is 1. The summed E-state index contributed by atoms with van der Waals surface area (Å²) in [4.78, 5) is 17.1. The summed E-state index contributed by atoms with van der Waals surface area (Å²) in [7, 11) is 0. The zero-order valence-corrected chi connectivity index (χ0v) is 13.7. The second kappa shape index (κ2) is 9.02. The number of nitrogens with one attached hydrogen (secondary N) is 1.